The maximum atomic E-state index is 12.8. The molecular weight excluding hydrogens is 340 g/mol. The van der Waals surface area contributed by atoms with Gasteiger partial charge in [0.1, 0.15) is 6.61 Å². The third kappa shape index (κ3) is 2.91. The fourth-order valence-electron chi connectivity index (χ4n) is 7.36. The van der Waals surface area contributed by atoms with E-state index in [1.54, 1.807) is 0 Å². The van der Waals surface area contributed by atoms with E-state index in [2.05, 4.69) is 13.8 Å². The number of fused-ring (bicyclic) bond motifs is 5. The lowest BCUT2D eigenvalue weighted by Gasteiger charge is -2.58. The zero-order valence-corrected chi connectivity index (χ0v) is 16.9. The van der Waals surface area contributed by atoms with Crippen LogP contribution in [0.2, 0.25) is 0 Å². The molecule has 0 heterocycles. The van der Waals surface area contributed by atoms with Crippen LogP contribution in [-0.4, -0.2) is 24.1 Å². The maximum Gasteiger partial charge on any atom is 0.303 e. The Morgan fingerprint density at radius 1 is 1.07 bits per heavy atom. The molecule has 0 spiro atoms. The summed E-state index contributed by atoms with van der Waals surface area (Å²) in [6.07, 6.45) is 10.1. The summed E-state index contributed by atoms with van der Waals surface area (Å²) in [4.78, 5) is 35.8. The first-order valence-electron chi connectivity index (χ1n) is 10.7. The molecule has 0 radical (unpaired) electrons. The molecule has 0 amide bonds. The van der Waals surface area contributed by atoms with Crippen molar-refractivity contribution in [3.05, 3.63) is 11.6 Å². The van der Waals surface area contributed by atoms with Gasteiger partial charge < -0.3 is 4.74 Å². The minimum Gasteiger partial charge on any atom is -0.458 e. The van der Waals surface area contributed by atoms with Crippen molar-refractivity contribution < 1.29 is 19.1 Å². The molecule has 0 saturated heterocycles. The van der Waals surface area contributed by atoms with Gasteiger partial charge in [0, 0.05) is 19.3 Å². The Kier molecular flexibility index (Phi) is 4.59. The highest BCUT2D eigenvalue weighted by Crippen LogP contribution is 2.66. The van der Waals surface area contributed by atoms with Crippen molar-refractivity contribution in [3.63, 3.8) is 0 Å². The van der Waals surface area contributed by atoms with Gasteiger partial charge in [0.15, 0.2) is 11.6 Å². The van der Waals surface area contributed by atoms with Gasteiger partial charge in [-0.15, -0.1) is 0 Å². The highest BCUT2D eigenvalue weighted by molar-refractivity contribution is 5.91. The van der Waals surface area contributed by atoms with E-state index in [9.17, 15) is 14.4 Å². The number of Topliss-reactive ketones (excluding diaryl/α,β-unsaturated/α-hetero) is 1. The fourth-order valence-corrected chi connectivity index (χ4v) is 7.36. The molecule has 0 aromatic rings. The van der Waals surface area contributed by atoms with Gasteiger partial charge in [0.25, 0.3) is 0 Å². The highest BCUT2D eigenvalue weighted by atomic mass is 16.5. The topological polar surface area (TPSA) is 60.4 Å². The summed E-state index contributed by atoms with van der Waals surface area (Å²) in [5.41, 5.74) is 1.61. The molecular formula is C23H32O4. The lowest BCUT2D eigenvalue weighted by atomic mass is 9.46. The normalized spacial score (nSPS) is 43.2. The van der Waals surface area contributed by atoms with Crippen molar-refractivity contribution in [2.24, 2.45) is 34.5 Å². The summed E-state index contributed by atoms with van der Waals surface area (Å²) in [5, 5.41) is 0. The number of hydrogen-bond donors (Lipinski definition) is 0. The first kappa shape index (κ1) is 18.9. The zero-order valence-electron chi connectivity index (χ0n) is 16.9. The van der Waals surface area contributed by atoms with Gasteiger partial charge in [0.2, 0.25) is 0 Å². The van der Waals surface area contributed by atoms with Crippen LogP contribution in [-0.2, 0) is 19.1 Å². The number of carbonyl (C=O) groups is 3. The van der Waals surface area contributed by atoms with E-state index in [0.29, 0.717) is 30.0 Å². The summed E-state index contributed by atoms with van der Waals surface area (Å²) in [6.45, 7) is 6.00. The Morgan fingerprint density at radius 2 is 1.85 bits per heavy atom. The van der Waals surface area contributed by atoms with Crippen LogP contribution in [0.3, 0.4) is 0 Å². The number of ether oxygens (including phenoxy) is 1. The van der Waals surface area contributed by atoms with E-state index in [1.165, 1.54) is 12.5 Å². The Balaban J connectivity index is 1.56. The van der Waals surface area contributed by atoms with Gasteiger partial charge in [-0.1, -0.05) is 19.4 Å². The van der Waals surface area contributed by atoms with Gasteiger partial charge in [-0.05, 0) is 79.6 Å². The summed E-state index contributed by atoms with van der Waals surface area (Å²) < 4.78 is 5.02. The predicted octanol–water partition coefficient (Wildman–Crippen LogP) is 4.27. The molecule has 4 aliphatic rings. The summed E-state index contributed by atoms with van der Waals surface area (Å²) in [7, 11) is 0. The van der Waals surface area contributed by atoms with Crippen molar-refractivity contribution >= 4 is 17.5 Å². The number of rotatable bonds is 3. The van der Waals surface area contributed by atoms with Crippen molar-refractivity contribution in [2.45, 2.75) is 72.1 Å². The van der Waals surface area contributed by atoms with Crippen molar-refractivity contribution in [2.75, 3.05) is 6.61 Å². The molecule has 148 valence electrons. The quantitative estimate of drug-likeness (QED) is 0.694. The van der Waals surface area contributed by atoms with Gasteiger partial charge >= 0.3 is 5.97 Å². The predicted molar refractivity (Wildman–Crippen MR) is 102 cm³/mol. The molecule has 3 fully saturated rings. The van der Waals surface area contributed by atoms with Crippen LogP contribution in [0.4, 0.5) is 0 Å². The monoisotopic (exact) mass is 372 g/mol. The average Bonchev–Trinajstić information content (AvgIpc) is 2.97. The largest absolute Gasteiger partial charge is 0.458 e. The van der Waals surface area contributed by atoms with Crippen LogP contribution < -0.4 is 0 Å². The Hall–Kier alpha value is -1.45. The average molecular weight is 373 g/mol. The summed E-state index contributed by atoms with van der Waals surface area (Å²) >= 11 is 0. The van der Waals surface area contributed by atoms with Crippen LogP contribution >= 0.6 is 0 Å². The van der Waals surface area contributed by atoms with Crippen LogP contribution in [0.15, 0.2) is 11.6 Å². The molecule has 4 nitrogen and oxygen atoms in total. The molecule has 6 atom stereocenters. The summed E-state index contributed by atoms with van der Waals surface area (Å²) in [5.74, 6) is 1.95. The van der Waals surface area contributed by atoms with Gasteiger partial charge in [-0.25, -0.2) is 0 Å². The molecule has 0 aromatic carbocycles. The first-order chi connectivity index (χ1) is 12.8. The van der Waals surface area contributed by atoms with E-state index in [1.807, 2.05) is 6.08 Å². The lowest BCUT2D eigenvalue weighted by Crippen LogP contribution is -2.51. The highest BCUT2D eigenvalue weighted by Gasteiger charge is 2.60. The van der Waals surface area contributed by atoms with Crippen LogP contribution in [0.1, 0.15) is 72.1 Å². The van der Waals surface area contributed by atoms with Crippen LogP contribution in [0, 0.1) is 34.5 Å². The maximum absolute atomic E-state index is 12.8. The van der Waals surface area contributed by atoms with E-state index in [4.69, 9.17) is 4.74 Å². The zero-order chi connectivity index (χ0) is 19.4. The minimum absolute atomic E-state index is 0.0282. The second-order valence-electron chi connectivity index (χ2n) is 9.89. The number of allylic oxidation sites excluding steroid dienone is 1. The molecule has 4 aliphatic carbocycles. The SMILES string of the molecule is CC(=O)OCC(=O)[C@@H]1CC[C@H]2[C@@H]3CCC4=CC(=O)CC[C@]4(C)[C@H]3CC[C@]12C. The minimum atomic E-state index is -0.377. The van der Waals surface area contributed by atoms with Crippen molar-refractivity contribution in [1.29, 1.82) is 0 Å². The van der Waals surface area contributed by atoms with Crippen LogP contribution in [0.5, 0.6) is 0 Å². The van der Waals surface area contributed by atoms with E-state index < -0.39 is 0 Å². The van der Waals surface area contributed by atoms with Gasteiger partial charge in [-0.3, -0.25) is 14.4 Å². The molecule has 27 heavy (non-hydrogen) atoms. The second kappa shape index (κ2) is 6.56. The van der Waals surface area contributed by atoms with Gasteiger partial charge in [-0.2, -0.15) is 0 Å². The third-order valence-electron chi connectivity index (χ3n) is 8.77. The number of hydrogen-bond acceptors (Lipinski definition) is 4. The Bertz CT molecular complexity index is 707. The third-order valence-corrected chi connectivity index (χ3v) is 8.77. The van der Waals surface area contributed by atoms with E-state index >= 15 is 0 Å². The van der Waals surface area contributed by atoms with E-state index in [0.717, 1.165) is 44.9 Å². The molecule has 0 unspecified atom stereocenters. The fraction of sp³-hybridized carbons (Fsp3) is 0.783. The Labute approximate surface area is 162 Å². The lowest BCUT2D eigenvalue weighted by molar-refractivity contribution is -0.149. The molecule has 3 saturated carbocycles. The number of carbonyl (C=O) groups excluding carboxylic acids is 3. The molecule has 0 N–H and O–H groups in total. The molecule has 4 rings (SSSR count). The Morgan fingerprint density at radius 3 is 2.59 bits per heavy atom. The molecule has 4 heteroatoms. The van der Waals surface area contributed by atoms with Crippen molar-refractivity contribution in [1.82, 2.24) is 0 Å². The van der Waals surface area contributed by atoms with Crippen LogP contribution in [0.25, 0.3) is 0 Å². The van der Waals surface area contributed by atoms with Crippen molar-refractivity contribution in [3.8, 4) is 0 Å². The van der Waals surface area contributed by atoms with Gasteiger partial charge in [0.05, 0.1) is 0 Å². The molecule has 0 aromatic heterocycles. The number of esters is 1. The second-order valence-corrected chi connectivity index (χ2v) is 9.89. The first-order valence-corrected chi connectivity index (χ1v) is 10.7. The number of ketones is 2. The summed E-state index contributed by atoms with van der Waals surface area (Å²) in [6, 6.07) is 0. The van der Waals surface area contributed by atoms with E-state index in [-0.39, 0.29) is 35.1 Å². The molecule has 0 aliphatic heterocycles. The standard InChI is InChI=1S/C23H32O4/c1-14(24)27-13-21(26)20-7-6-18-17-5-4-15-12-16(25)8-10-22(15,2)19(17)9-11-23(18,20)3/h12,17-20H,4-11,13H2,1-3H3/t17-,18-,19-,20-,22-,23-/m0/s1. The molecule has 0 bridgehead atoms. The smallest absolute Gasteiger partial charge is 0.303 e.